The third kappa shape index (κ3) is 5.34. The molecule has 3 heterocycles. The highest BCUT2D eigenvalue weighted by Gasteiger charge is 2.40. The second-order valence-corrected chi connectivity index (χ2v) is 9.63. The zero-order valence-corrected chi connectivity index (χ0v) is 20.9. The molecule has 186 valence electrons. The molecular formula is C24H31F3N4O2S. The van der Waals surface area contributed by atoms with Crippen LogP contribution in [0, 0.1) is 0 Å². The van der Waals surface area contributed by atoms with Crippen LogP contribution in [0.1, 0.15) is 56.6 Å². The molecule has 0 unspecified atom stereocenters. The van der Waals surface area contributed by atoms with Crippen molar-refractivity contribution in [3.63, 3.8) is 0 Å². The minimum absolute atomic E-state index is 0.0160. The molecule has 0 radical (unpaired) electrons. The first kappa shape index (κ1) is 26.3. The van der Waals surface area contributed by atoms with Crippen molar-refractivity contribution < 1.29 is 23.4 Å². The number of hydrogen-bond donors (Lipinski definition) is 2. The first-order valence-electron chi connectivity index (χ1n) is 11.2. The Bertz CT molecular complexity index is 1160. The quantitative estimate of drug-likeness (QED) is 0.476. The summed E-state index contributed by atoms with van der Waals surface area (Å²) < 4.78 is 42.9. The molecule has 0 saturated carbocycles. The van der Waals surface area contributed by atoms with Gasteiger partial charge in [-0.2, -0.15) is 13.2 Å². The number of alkyl halides is 3. The maximum absolute atomic E-state index is 13.6. The molecule has 0 aliphatic carbocycles. The lowest BCUT2D eigenvalue weighted by molar-refractivity contribution is -0.144. The van der Waals surface area contributed by atoms with E-state index in [1.54, 1.807) is 16.7 Å². The van der Waals surface area contributed by atoms with Gasteiger partial charge in [0.25, 0.3) is 0 Å². The van der Waals surface area contributed by atoms with Gasteiger partial charge in [0.15, 0.2) is 5.69 Å². The number of halogens is 3. The van der Waals surface area contributed by atoms with Gasteiger partial charge in [0.05, 0.1) is 18.8 Å². The van der Waals surface area contributed by atoms with Crippen molar-refractivity contribution >= 4 is 28.6 Å². The Morgan fingerprint density at radius 3 is 2.35 bits per heavy atom. The minimum Gasteiger partial charge on any atom is -0.392 e. The molecule has 1 aromatic carbocycles. The Balaban J connectivity index is 0.00000103. The maximum Gasteiger partial charge on any atom is 0.433 e. The summed E-state index contributed by atoms with van der Waals surface area (Å²) in [6.07, 6.45) is -0.435. The summed E-state index contributed by atoms with van der Waals surface area (Å²) in [7, 11) is 0. The number of hydrogen-bond acceptors (Lipinski definition) is 6. The Hall–Kier alpha value is -2.30. The van der Waals surface area contributed by atoms with Gasteiger partial charge in [-0.3, -0.25) is 0 Å². The molecular weight excluding hydrogens is 465 g/mol. The molecule has 3 aromatic rings. The van der Waals surface area contributed by atoms with E-state index in [1.807, 2.05) is 24.5 Å². The highest BCUT2D eigenvalue weighted by Crippen LogP contribution is 2.37. The Labute approximate surface area is 201 Å². The van der Waals surface area contributed by atoms with E-state index in [4.69, 9.17) is 0 Å². The molecule has 6 nitrogen and oxygen atoms in total. The van der Waals surface area contributed by atoms with Gasteiger partial charge in [-0.15, -0.1) is 11.8 Å². The van der Waals surface area contributed by atoms with Gasteiger partial charge in [0.2, 0.25) is 5.95 Å². The lowest BCUT2D eigenvalue weighted by Gasteiger charge is -2.30. The van der Waals surface area contributed by atoms with Gasteiger partial charge >= 0.3 is 6.18 Å². The van der Waals surface area contributed by atoms with Crippen LogP contribution in [0.5, 0.6) is 0 Å². The van der Waals surface area contributed by atoms with E-state index < -0.39 is 17.5 Å². The largest absolute Gasteiger partial charge is 0.433 e. The van der Waals surface area contributed by atoms with Gasteiger partial charge in [-0.1, -0.05) is 20.3 Å². The normalized spacial score (nSPS) is 14.1. The van der Waals surface area contributed by atoms with Crippen molar-refractivity contribution in [3.8, 4) is 0 Å². The lowest BCUT2D eigenvalue weighted by Crippen LogP contribution is -2.35. The van der Waals surface area contributed by atoms with Crippen LogP contribution >= 0.6 is 11.8 Å². The van der Waals surface area contributed by atoms with Gasteiger partial charge in [-0.25, -0.2) is 9.97 Å². The predicted molar refractivity (Wildman–Crippen MR) is 129 cm³/mol. The summed E-state index contributed by atoms with van der Waals surface area (Å²) in [5, 5.41) is 20.7. The number of rotatable bonds is 4. The van der Waals surface area contributed by atoms with Gasteiger partial charge < -0.3 is 19.7 Å². The van der Waals surface area contributed by atoms with Crippen LogP contribution in [-0.4, -0.2) is 37.5 Å². The Morgan fingerprint density at radius 1 is 1.12 bits per heavy atom. The highest BCUT2D eigenvalue weighted by molar-refractivity contribution is 7.98. The molecule has 2 N–H and O–H groups in total. The van der Waals surface area contributed by atoms with Crippen molar-refractivity contribution in [3.05, 3.63) is 46.9 Å². The second kappa shape index (κ2) is 10.1. The third-order valence-corrected chi connectivity index (χ3v) is 6.31. The van der Waals surface area contributed by atoms with Crippen LogP contribution in [-0.2, 0) is 31.5 Å². The van der Waals surface area contributed by atoms with Crippen LogP contribution in [0.4, 0.5) is 19.1 Å². The number of thioether (sulfide) groups is 1. The van der Waals surface area contributed by atoms with Crippen molar-refractivity contribution in [1.29, 1.82) is 0 Å². The van der Waals surface area contributed by atoms with E-state index in [0.29, 0.717) is 19.6 Å². The third-order valence-electron chi connectivity index (χ3n) is 5.49. The van der Waals surface area contributed by atoms with Crippen LogP contribution in [0.25, 0.3) is 10.9 Å². The molecule has 0 saturated heterocycles. The number of aliphatic hydroxyl groups is 2. The number of aliphatic hydroxyl groups excluding tert-OH is 1. The number of aromatic nitrogens is 3. The Kier molecular flexibility index (Phi) is 7.84. The number of anilines is 1. The average Bonchev–Trinajstić information content (AvgIpc) is 3.13. The lowest BCUT2D eigenvalue weighted by atomic mass is 9.98. The monoisotopic (exact) mass is 496 g/mol. The number of fused-ring (bicyclic) bond motifs is 3. The highest BCUT2D eigenvalue weighted by atomic mass is 32.2. The predicted octanol–water partition coefficient (Wildman–Crippen LogP) is 5.33. The molecule has 2 aromatic heterocycles. The standard InChI is InChI=1S/C21H23F3N4O2S.C3H8/c1-20(2,30)15-9-25-19(26-18(15)21(22,23)24)27-4-5-28-14(10-27)7-12-6-13(11-29)17(31-3)8-16(12)28;1-3-2/h6-9,29-30H,4-5,10-11H2,1-3H3;3H2,1-2H3. The van der Waals surface area contributed by atoms with Gasteiger partial charge in [0.1, 0.15) is 0 Å². The van der Waals surface area contributed by atoms with E-state index in [-0.39, 0.29) is 18.1 Å². The number of nitrogens with zero attached hydrogens (tertiary/aromatic N) is 4. The SMILES string of the molecule is CCC.CSc1cc2c(cc1CO)cc1n2CCN(c2ncc(C(C)(C)O)c(C(F)(F)F)n2)C1. The van der Waals surface area contributed by atoms with Crippen molar-refractivity contribution in [2.45, 2.75) is 70.5 Å². The van der Waals surface area contributed by atoms with Crippen LogP contribution < -0.4 is 4.90 Å². The van der Waals surface area contributed by atoms with Crippen molar-refractivity contribution in [2.24, 2.45) is 0 Å². The molecule has 34 heavy (non-hydrogen) atoms. The summed E-state index contributed by atoms with van der Waals surface area (Å²) in [6, 6.07) is 5.98. The maximum atomic E-state index is 13.6. The Morgan fingerprint density at radius 2 is 1.79 bits per heavy atom. The molecule has 1 aliphatic heterocycles. The first-order valence-corrected chi connectivity index (χ1v) is 12.4. The van der Waals surface area contributed by atoms with Crippen LogP contribution in [0.15, 0.2) is 29.3 Å². The number of benzene rings is 1. The van der Waals surface area contributed by atoms with Crippen LogP contribution in [0.3, 0.4) is 0 Å². The fourth-order valence-electron chi connectivity index (χ4n) is 3.96. The molecule has 0 bridgehead atoms. The summed E-state index contributed by atoms with van der Waals surface area (Å²) in [4.78, 5) is 10.6. The topological polar surface area (TPSA) is 74.4 Å². The van der Waals surface area contributed by atoms with Gasteiger partial charge in [-0.05, 0) is 43.9 Å². The average molecular weight is 497 g/mol. The van der Waals surface area contributed by atoms with E-state index in [0.717, 1.165) is 33.3 Å². The van der Waals surface area contributed by atoms with Crippen LogP contribution in [0.2, 0.25) is 0 Å². The zero-order valence-electron chi connectivity index (χ0n) is 20.1. The zero-order chi connectivity index (χ0) is 25.3. The van der Waals surface area contributed by atoms with E-state index >= 15 is 0 Å². The first-order chi connectivity index (χ1) is 15.9. The summed E-state index contributed by atoms with van der Waals surface area (Å²) in [5.41, 5.74) is -0.362. The molecule has 0 atom stereocenters. The molecule has 0 fully saturated rings. The van der Waals surface area contributed by atoms with Crippen molar-refractivity contribution in [1.82, 2.24) is 14.5 Å². The summed E-state index contributed by atoms with van der Waals surface area (Å²) in [5.74, 6) is -0.0160. The molecule has 10 heteroatoms. The fraction of sp³-hybridized carbons (Fsp3) is 0.500. The summed E-state index contributed by atoms with van der Waals surface area (Å²) in [6.45, 7) is 8.14. The second-order valence-electron chi connectivity index (χ2n) is 8.79. The molecule has 1 aliphatic rings. The van der Waals surface area contributed by atoms with E-state index in [9.17, 15) is 23.4 Å². The van der Waals surface area contributed by atoms with Crippen molar-refractivity contribution in [2.75, 3.05) is 17.7 Å². The summed E-state index contributed by atoms with van der Waals surface area (Å²) >= 11 is 1.56. The minimum atomic E-state index is -4.70. The van der Waals surface area contributed by atoms with Gasteiger partial charge in [0, 0.05) is 46.3 Å². The smallest absolute Gasteiger partial charge is 0.392 e. The van der Waals surface area contributed by atoms with E-state index in [2.05, 4.69) is 28.4 Å². The molecule has 0 amide bonds. The van der Waals surface area contributed by atoms with E-state index in [1.165, 1.54) is 20.3 Å². The fourth-order valence-corrected chi connectivity index (χ4v) is 4.57. The molecule has 4 rings (SSSR count). The molecule has 0 spiro atoms.